The molecular weight excluding hydrogens is 202 g/mol. The summed E-state index contributed by atoms with van der Waals surface area (Å²) in [6.45, 7) is 4.54. The number of benzene rings is 1. The second kappa shape index (κ2) is 6.51. The summed E-state index contributed by atoms with van der Waals surface area (Å²) in [4.78, 5) is 0. The van der Waals surface area contributed by atoms with Crippen molar-refractivity contribution < 1.29 is 9.84 Å². The highest BCUT2D eigenvalue weighted by atomic mass is 16.5. The molecule has 0 amide bonds. The summed E-state index contributed by atoms with van der Waals surface area (Å²) < 4.78 is 5.10. The van der Waals surface area contributed by atoms with Crippen molar-refractivity contribution in [1.82, 2.24) is 5.32 Å². The summed E-state index contributed by atoms with van der Waals surface area (Å²) in [6.07, 6.45) is 0.662. The molecule has 90 valence electrons. The Morgan fingerprint density at radius 2 is 1.88 bits per heavy atom. The van der Waals surface area contributed by atoms with E-state index < -0.39 is 0 Å². The van der Waals surface area contributed by atoms with E-state index in [-0.39, 0.29) is 6.10 Å². The van der Waals surface area contributed by atoms with Crippen molar-refractivity contribution in [3.8, 4) is 5.75 Å². The normalized spacial score (nSPS) is 14.5. The Hall–Kier alpha value is -1.06. The smallest absolute Gasteiger partial charge is 0.118 e. The first-order valence-corrected chi connectivity index (χ1v) is 5.66. The highest BCUT2D eigenvalue weighted by molar-refractivity contribution is 5.27. The van der Waals surface area contributed by atoms with Crippen molar-refractivity contribution >= 4 is 0 Å². The van der Waals surface area contributed by atoms with E-state index in [9.17, 15) is 0 Å². The predicted octanol–water partition coefficient (Wildman–Crippen LogP) is 1.60. The molecule has 0 bridgehead atoms. The fourth-order valence-corrected chi connectivity index (χ4v) is 1.56. The van der Waals surface area contributed by atoms with Gasteiger partial charge < -0.3 is 15.2 Å². The molecule has 1 aromatic carbocycles. The number of aliphatic hydroxyl groups is 1. The maximum absolute atomic E-state index is 9.16. The quantitative estimate of drug-likeness (QED) is 0.769. The molecule has 0 spiro atoms. The van der Waals surface area contributed by atoms with Gasteiger partial charge >= 0.3 is 0 Å². The number of hydrogen-bond donors (Lipinski definition) is 2. The van der Waals surface area contributed by atoms with Crippen LogP contribution in [0.2, 0.25) is 0 Å². The SMILES string of the molecule is COc1ccc(CC(C)NC[C@@H](C)O)cc1. The summed E-state index contributed by atoms with van der Waals surface area (Å²) >= 11 is 0. The fourth-order valence-electron chi connectivity index (χ4n) is 1.56. The third kappa shape index (κ3) is 4.64. The van der Waals surface area contributed by atoms with Gasteiger partial charge in [-0.1, -0.05) is 12.1 Å². The largest absolute Gasteiger partial charge is 0.497 e. The second-order valence-electron chi connectivity index (χ2n) is 4.21. The van der Waals surface area contributed by atoms with Gasteiger partial charge in [0.25, 0.3) is 0 Å². The Kier molecular flexibility index (Phi) is 5.29. The molecule has 3 nitrogen and oxygen atoms in total. The van der Waals surface area contributed by atoms with Crippen molar-refractivity contribution in [3.05, 3.63) is 29.8 Å². The Bertz CT molecular complexity index is 295. The van der Waals surface area contributed by atoms with Gasteiger partial charge in [-0.3, -0.25) is 0 Å². The van der Waals surface area contributed by atoms with Crippen molar-refractivity contribution in [2.75, 3.05) is 13.7 Å². The monoisotopic (exact) mass is 223 g/mol. The summed E-state index contributed by atoms with van der Waals surface area (Å²) in [5.74, 6) is 0.883. The molecule has 16 heavy (non-hydrogen) atoms. The standard InChI is InChI=1S/C13H21NO2/c1-10(14-9-11(2)15)8-12-4-6-13(16-3)7-5-12/h4-7,10-11,14-15H,8-9H2,1-3H3/t10?,11-/m1/s1. The fraction of sp³-hybridized carbons (Fsp3) is 0.538. The Morgan fingerprint density at radius 1 is 1.25 bits per heavy atom. The van der Waals surface area contributed by atoms with E-state index >= 15 is 0 Å². The Balaban J connectivity index is 2.40. The molecule has 2 atom stereocenters. The minimum absolute atomic E-state index is 0.293. The average Bonchev–Trinajstić information content (AvgIpc) is 2.27. The number of nitrogens with one attached hydrogen (secondary N) is 1. The number of aliphatic hydroxyl groups excluding tert-OH is 1. The molecule has 0 fully saturated rings. The van der Waals surface area contributed by atoms with E-state index in [2.05, 4.69) is 24.4 Å². The molecule has 1 aromatic rings. The van der Waals surface area contributed by atoms with Crippen molar-refractivity contribution in [1.29, 1.82) is 0 Å². The van der Waals surface area contributed by atoms with Crippen molar-refractivity contribution in [2.24, 2.45) is 0 Å². The van der Waals surface area contributed by atoms with Crippen LogP contribution in [0.15, 0.2) is 24.3 Å². The first kappa shape index (κ1) is 13.0. The zero-order valence-corrected chi connectivity index (χ0v) is 10.2. The number of methoxy groups -OCH3 is 1. The first-order chi connectivity index (χ1) is 7.61. The predicted molar refractivity (Wildman–Crippen MR) is 65.8 cm³/mol. The van der Waals surface area contributed by atoms with Crippen LogP contribution in [0.3, 0.4) is 0 Å². The molecule has 0 saturated heterocycles. The van der Waals surface area contributed by atoms with Crippen molar-refractivity contribution in [3.63, 3.8) is 0 Å². The van der Waals surface area contributed by atoms with Gasteiger partial charge in [0, 0.05) is 12.6 Å². The van der Waals surface area contributed by atoms with Gasteiger partial charge in [0.15, 0.2) is 0 Å². The summed E-state index contributed by atoms with van der Waals surface area (Å²) in [6, 6.07) is 8.44. The van der Waals surface area contributed by atoms with Gasteiger partial charge in [-0.05, 0) is 38.0 Å². The van der Waals surface area contributed by atoms with Gasteiger partial charge in [0.2, 0.25) is 0 Å². The zero-order chi connectivity index (χ0) is 12.0. The molecule has 0 aromatic heterocycles. The molecule has 0 heterocycles. The molecule has 1 rings (SSSR count). The molecule has 3 heteroatoms. The number of ether oxygens (including phenoxy) is 1. The van der Waals surface area contributed by atoms with Crippen LogP contribution in [-0.4, -0.2) is 30.9 Å². The van der Waals surface area contributed by atoms with E-state index in [4.69, 9.17) is 9.84 Å². The van der Waals surface area contributed by atoms with E-state index in [1.807, 2.05) is 12.1 Å². The van der Waals surface area contributed by atoms with Crippen LogP contribution in [0.5, 0.6) is 5.75 Å². The highest BCUT2D eigenvalue weighted by Crippen LogP contribution is 2.12. The topological polar surface area (TPSA) is 41.5 Å². The third-order valence-electron chi connectivity index (χ3n) is 2.46. The van der Waals surface area contributed by atoms with Crippen LogP contribution in [0.1, 0.15) is 19.4 Å². The van der Waals surface area contributed by atoms with Crippen molar-refractivity contribution in [2.45, 2.75) is 32.4 Å². The summed E-state index contributed by atoms with van der Waals surface area (Å²) in [5.41, 5.74) is 1.27. The molecule has 0 radical (unpaired) electrons. The molecule has 1 unspecified atom stereocenters. The van der Waals surface area contributed by atoms with Crippen LogP contribution < -0.4 is 10.1 Å². The molecule has 2 N–H and O–H groups in total. The van der Waals surface area contributed by atoms with E-state index in [0.29, 0.717) is 12.6 Å². The Morgan fingerprint density at radius 3 is 2.38 bits per heavy atom. The lowest BCUT2D eigenvalue weighted by Crippen LogP contribution is -2.33. The van der Waals surface area contributed by atoms with E-state index in [1.165, 1.54) is 5.56 Å². The van der Waals surface area contributed by atoms with E-state index in [1.54, 1.807) is 14.0 Å². The zero-order valence-electron chi connectivity index (χ0n) is 10.2. The van der Waals surface area contributed by atoms with Gasteiger partial charge in [-0.15, -0.1) is 0 Å². The van der Waals surface area contributed by atoms with Gasteiger partial charge in [0.05, 0.1) is 13.2 Å². The lowest BCUT2D eigenvalue weighted by Gasteiger charge is -2.15. The van der Waals surface area contributed by atoms with Gasteiger partial charge in [0.1, 0.15) is 5.75 Å². The van der Waals surface area contributed by atoms with Crippen LogP contribution in [0, 0.1) is 0 Å². The summed E-state index contributed by atoms with van der Waals surface area (Å²) in [5, 5.41) is 12.4. The van der Waals surface area contributed by atoms with Crippen LogP contribution in [0.25, 0.3) is 0 Å². The van der Waals surface area contributed by atoms with Gasteiger partial charge in [-0.25, -0.2) is 0 Å². The van der Waals surface area contributed by atoms with Gasteiger partial charge in [-0.2, -0.15) is 0 Å². The molecular formula is C13H21NO2. The Labute approximate surface area is 97.4 Å². The second-order valence-corrected chi connectivity index (χ2v) is 4.21. The minimum Gasteiger partial charge on any atom is -0.497 e. The van der Waals surface area contributed by atoms with Crippen LogP contribution in [-0.2, 0) is 6.42 Å². The average molecular weight is 223 g/mol. The maximum Gasteiger partial charge on any atom is 0.118 e. The number of hydrogen-bond acceptors (Lipinski definition) is 3. The first-order valence-electron chi connectivity index (χ1n) is 5.66. The third-order valence-corrected chi connectivity index (χ3v) is 2.46. The lowest BCUT2D eigenvalue weighted by atomic mass is 10.1. The maximum atomic E-state index is 9.16. The minimum atomic E-state index is -0.293. The number of rotatable bonds is 6. The van der Waals surface area contributed by atoms with E-state index in [0.717, 1.165) is 12.2 Å². The summed E-state index contributed by atoms with van der Waals surface area (Å²) in [7, 11) is 1.67. The molecule has 0 aliphatic rings. The highest BCUT2D eigenvalue weighted by Gasteiger charge is 2.04. The molecule has 0 saturated carbocycles. The lowest BCUT2D eigenvalue weighted by molar-refractivity contribution is 0.187. The molecule has 0 aliphatic carbocycles. The van der Waals surface area contributed by atoms with Crippen LogP contribution in [0.4, 0.5) is 0 Å². The van der Waals surface area contributed by atoms with Crippen LogP contribution >= 0.6 is 0 Å². The molecule has 0 aliphatic heterocycles.